The molecule has 0 amide bonds. The second-order valence-corrected chi connectivity index (χ2v) is 14.1. The third kappa shape index (κ3) is 8.81. The first-order valence-electron chi connectivity index (χ1n) is 18.6. The molecule has 0 fully saturated rings. The van der Waals surface area contributed by atoms with Crippen LogP contribution in [-0.2, 0) is 6.54 Å². The van der Waals surface area contributed by atoms with E-state index in [0.717, 1.165) is 19.3 Å². The molecule has 1 aromatic heterocycles. The van der Waals surface area contributed by atoms with Crippen LogP contribution >= 0.6 is 0 Å². The minimum absolute atomic E-state index is 0.0150. The fourth-order valence-corrected chi connectivity index (χ4v) is 7.09. The first-order valence-corrected chi connectivity index (χ1v) is 18.6. The van der Waals surface area contributed by atoms with Gasteiger partial charge in [-0.05, 0) is 6.42 Å². The van der Waals surface area contributed by atoms with Gasteiger partial charge in [0.05, 0.1) is 6.20 Å². The maximum Gasteiger partial charge on any atom is 0.227 e. The molecule has 0 bridgehead atoms. The molecule has 25 heteroatoms. The Morgan fingerprint density at radius 2 is 0.761 bits per heavy atom. The molecule has 6 rings (SSSR count). The Hall–Kier alpha value is -6.82. The molecule has 5 aromatic carbocycles. The minimum Gasteiger partial charge on any atom is -0.292 e. The van der Waals surface area contributed by atoms with E-state index in [1.165, 1.54) is 0 Å². The number of unbranched alkanes of at least 4 members (excludes halogenated alkanes) is 2. The summed E-state index contributed by atoms with van der Waals surface area (Å²) in [6.07, 6.45) is 1.26. The summed E-state index contributed by atoms with van der Waals surface area (Å²) in [5.74, 6) is -71.4. The molecule has 354 valence electrons. The van der Waals surface area contributed by atoms with Crippen LogP contribution in [0.4, 0.5) is 87.8 Å². The van der Waals surface area contributed by atoms with Crippen molar-refractivity contribution < 1.29 is 102 Å². The molecule has 0 aliphatic heterocycles. The van der Waals surface area contributed by atoms with Crippen molar-refractivity contribution in [2.75, 3.05) is 0 Å². The molecule has 0 spiro atoms. The molecule has 67 heavy (non-hydrogen) atoms. The lowest BCUT2D eigenvalue weighted by Gasteiger charge is -2.44. The summed E-state index contributed by atoms with van der Waals surface area (Å²) in [5.41, 5.74) is -13.2. The van der Waals surface area contributed by atoms with Gasteiger partial charge in [0.25, 0.3) is 0 Å². The number of ketones is 2. The summed E-state index contributed by atoms with van der Waals surface area (Å²) in [6, 6.07) is 9.14. The predicted molar refractivity (Wildman–Crippen MR) is 193 cm³/mol. The molecule has 0 saturated heterocycles. The van der Waals surface area contributed by atoms with Crippen molar-refractivity contribution >= 4 is 39.6 Å². The van der Waals surface area contributed by atoms with Gasteiger partial charge < -0.3 is 0 Å². The van der Waals surface area contributed by atoms with E-state index in [4.69, 9.17) is 0 Å². The van der Waals surface area contributed by atoms with Gasteiger partial charge >= 0.3 is 0 Å². The van der Waals surface area contributed by atoms with Crippen LogP contribution in [0.15, 0.2) is 48.9 Å². The molecule has 4 nitrogen and oxygen atoms in total. The van der Waals surface area contributed by atoms with Crippen LogP contribution in [0.2, 0.25) is 0 Å². The number of carbonyl (C=O) groups excluding carboxylic acids is 2. The summed E-state index contributed by atoms with van der Waals surface area (Å²) < 4.78 is 296. The fourth-order valence-electron chi connectivity index (χ4n) is 7.09. The van der Waals surface area contributed by atoms with Gasteiger partial charge in [0, 0.05) is 12.0 Å². The maximum atomic E-state index is 15.4. The lowest BCUT2D eigenvalue weighted by Crippen LogP contribution is -2.81. The van der Waals surface area contributed by atoms with Gasteiger partial charge in [-0.3, -0.25) is 9.59 Å². The van der Waals surface area contributed by atoms with Crippen molar-refractivity contribution in [2.45, 2.75) is 39.2 Å². The van der Waals surface area contributed by atoms with Gasteiger partial charge in [-0.25, -0.2) is 92.8 Å². The Labute approximate surface area is 362 Å². The third-order valence-corrected chi connectivity index (χ3v) is 10.2. The zero-order valence-corrected chi connectivity index (χ0v) is 33.0. The Kier molecular flexibility index (Phi) is 15.2. The monoisotopic (exact) mass is 976 g/mol. The van der Waals surface area contributed by atoms with Crippen molar-refractivity contribution in [1.82, 2.24) is 4.98 Å². The largest absolute Gasteiger partial charge is 0.292 e. The third-order valence-electron chi connectivity index (χ3n) is 10.2. The van der Waals surface area contributed by atoms with Crippen LogP contribution in [0.1, 0.15) is 53.5 Å². The van der Waals surface area contributed by atoms with E-state index in [2.05, 4.69) is 11.9 Å². The molecule has 6 aromatic rings. The molecular formula is C42H21BF20N2O2. The molecule has 0 unspecified atom stereocenters. The molecule has 0 radical (unpaired) electrons. The Bertz CT molecular complexity index is 2570. The van der Waals surface area contributed by atoms with Gasteiger partial charge in [0.2, 0.25) is 12.3 Å². The molecular weight excluding hydrogens is 955 g/mol. The Morgan fingerprint density at radius 3 is 1.07 bits per heavy atom. The summed E-state index contributed by atoms with van der Waals surface area (Å²) in [5, 5.41) is 0. The average Bonchev–Trinajstić information content (AvgIpc) is 3.32. The van der Waals surface area contributed by atoms with Crippen molar-refractivity contribution in [1.29, 1.82) is 0 Å². The van der Waals surface area contributed by atoms with Gasteiger partial charge in [0.1, 0.15) is 52.7 Å². The van der Waals surface area contributed by atoms with E-state index in [-0.39, 0.29) is 18.1 Å². The number of aromatic nitrogens is 2. The summed E-state index contributed by atoms with van der Waals surface area (Å²) >= 11 is 0. The second kappa shape index (κ2) is 20.0. The zero-order chi connectivity index (χ0) is 50.1. The number of benzene rings is 5. The quantitative estimate of drug-likeness (QED) is 0.0235. The van der Waals surface area contributed by atoms with E-state index in [1.807, 2.05) is 18.2 Å². The van der Waals surface area contributed by atoms with Crippen LogP contribution in [0, 0.1) is 116 Å². The number of hydrogen-bond acceptors (Lipinski definition) is 3. The van der Waals surface area contributed by atoms with Crippen LogP contribution < -0.4 is 26.4 Å². The number of rotatable bonds is 12. The van der Waals surface area contributed by atoms with Crippen LogP contribution in [0.3, 0.4) is 0 Å². The van der Waals surface area contributed by atoms with E-state index >= 15 is 35.1 Å². The van der Waals surface area contributed by atoms with Crippen LogP contribution in [0.5, 0.6) is 0 Å². The summed E-state index contributed by atoms with van der Waals surface area (Å²) in [6.45, 7) is 2.32. The standard InChI is InChI=1S/C24BF20.C18H21N2O2/c26-5-1(6(27)14(35)21(42)13(5)34)25(2-7(28)15(36)22(43)16(37)8(2)29,3-9(30)17(38)23(44)18(39)10(3)31)4-11(32)19(40)24(45)20(41)12(4)33;1-2-3-5-10-17(21)16-13-20(12-11-19-16)14-18(22)15-8-6-4-7-9-15/h;4,6-9,11-13H,2-3,5,10,14H2,1H3/q-1;+1. The first kappa shape index (κ1) is 51.2. The minimum atomic E-state index is -7.22. The molecule has 0 aliphatic rings. The number of carbonyl (C=O) groups is 2. The first-order chi connectivity index (χ1) is 31.4. The SMILES string of the molecule is CCCCCC(=O)c1c[n+](CC(=O)c2ccccc2)ccn1.Fc1c(F)c(F)c([B-](c2c(F)c(F)c(F)c(F)c2F)(c2c(F)c(F)c(F)c(F)c2F)c2c(F)c(F)c(F)c(F)c2F)c(F)c1F. The Balaban J connectivity index is 0.000000319. The smallest absolute Gasteiger partial charge is 0.227 e. The molecule has 0 saturated carbocycles. The number of halogens is 20. The van der Waals surface area contributed by atoms with Crippen molar-refractivity contribution in [3.05, 3.63) is 177 Å². The number of Topliss-reactive ketones (excluding diaryl/α,β-unsaturated/α-hetero) is 2. The summed E-state index contributed by atoms with van der Waals surface area (Å²) in [4.78, 5) is 28.4. The van der Waals surface area contributed by atoms with Crippen molar-refractivity contribution in [3.63, 3.8) is 0 Å². The van der Waals surface area contributed by atoms with E-state index < -0.39 is 144 Å². The highest BCUT2D eigenvalue weighted by molar-refractivity contribution is 7.20. The second-order valence-electron chi connectivity index (χ2n) is 14.1. The van der Waals surface area contributed by atoms with Gasteiger partial charge in [-0.1, -0.05) is 50.1 Å². The van der Waals surface area contributed by atoms with Crippen LogP contribution in [0.25, 0.3) is 0 Å². The highest BCUT2D eigenvalue weighted by Crippen LogP contribution is 2.31. The number of hydrogen-bond donors (Lipinski definition) is 0. The van der Waals surface area contributed by atoms with Gasteiger partial charge in [0.15, 0.2) is 93.7 Å². The molecule has 0 aliphatic carbocycles. The summed E-state index contributed by atoms with van der Waals surface area (Å²) in [7, 11) is 0. The predicted octanol–water partition coefficient (Wildman–Crippen LogP) is 8.86. The fraction of sp³-hybridized carbons (Fsp3) is 0.143. The zero-order valence-electron chi connectivity index (χ0n) is 33.0. The number of nitrogens with zero attached hydrogens (tertiary/aromatic N) is 2. The normalized spacial score (nSPS) is 11.5. The van der Waals surface area contributed by atoms with Gasteiger partial charge in [-0.15, -0.1) is 21.9 Å². The van der Waals surface area contributed by atoms with Crippen molar-refractivity contribution in [3.8, 4) is 0 Å². The van der Waals surface area contributed by atoms with Crippen LogP contribution in [-0.4, -0.2) is 22.7 Å². The van der Waals surface area contributed by atoms with Crippen molar-refractivity contribution in [2.24, 2.45) is 0 Å². The highest BCUT2D eigenvalue weighted by Gasteiger charge is 2.52. The maximum absolute atomic E-state index is 15.4. The van der Waals surface area contributed by atoms with E-state index in [9.17, 15) is 62.3 Å². The highest BCUT2D eigenvalue weighted by atomic mass is 19.2. The van der Waals surface area contributed by atoms with E-state index in [1.54, 1.807) is 35.3 Å². The average molecular weight is 976 g/mol. The molecule has 0 N–H and O–H groups in total. The topological polar surface area (TPSA) is 50.9 Å². The molecule has 0 atom stereocenters. The van der Waals surface area contributed by atoms with Gasteiger partial charge in [-0.2, -0.15) is 4.57 Å². The van der Waals surface area contributed by atoms with E-state index in [0.29, 0.717) is 17.7 Å². The lowest BCUT2D eigenvalue weighted by molar-refractivity contribution is -0.683. The Morgan fingerprint density at radius 1 is 0.448 bits per heavy atom. The lowest BCUT2D eigenvalue weighted by atomic mass is 9.12. The molecule has 1 heterocycles.